The van der Waals surface area contributed by atoms with E-state index in [9.17, 15) is 9.59 Å². The van der Waals surface area contributed by atoms with Gasteiger partial charge in [0.15, 0.2) is 10.8 Å². The zero-order valence-corrected chi connectivity index (χ0v) is 10.4. The summed E-state index contributed by atoms with van der Waals surface area (Å²) >= 11 is 1.30. The van der Waals surface area contributed by atoms with Gasteiger partial charge in [0.05, 0.1) is 6.20 Å². The molecule has 3 aromatic heterocycles. The summed E-state index contributed by atoms with van der Waals surface area (Å²) in [4.78, 5) is 31.4. The Labute approximate surface area is 110 Å². The molecule has 0 spiro atoms. The highest BCUT2D eigenvalue weighted by Crippen LogP contribution is 2.09. The van der Waals surface area contributed by atoms with Crippen molar-refractivity contribution in [3.8, 4) is 0 Å². The Morgan fingerprint density at radius 2 is 2.32 bits per heavy atom. The predicted molar refractivity (Wildman–Crippen MR) is 68.0 cm³/mol. The molecule has 96 valence electrons. The van der Waals surface area contributed by atoms with Crippen LogP contribution in [0.4, 0.5) is 5.13 Å². The number of nitrogens with zero attached hydrogens (tertiary/aromatic N) is 5. The lowest BCUT2D eigenvalue weighted by Crippen LogP contribution is -2.28. The van der Waals surface area contributed by atoms with Gasteiger partial charge in [-0.25, -0.2) is 18.9 Å². The molecular formula is C10H8N6O2S. The minimum Gasteiger partial charge on any atom is -0.300 e. The molecule has 0 aliphatic rings. The van der Waals surface area contributed by atoms with Crippen LogP contribution < -0.4 is 11.0 Å². The minimum atomic E-state index is -0.383. The molecule has 0 radical (unpaired) electrons. The lowest BCUT2D eigenvalue weighted by molar-refractivity contribution is -0.117. The lowest BCUT2D eigenvalue weighted by atomic mass is 10.6. The number of rotatable bonds is 3. The number of carbonyl (C=O) groups excluding carboxylic acids is 1. The number of hydrogen-bond donors (Lipinski definition) is 1. The van der Waals surface area contributed by atoms with Crippen LogP contribution in [0.2, 0.25) is 0 Å². The zero-order chi connectivity index (χ0) is 13.2. The van der Waals surface area contributed by atoms with Crippen molar-refractivity contribution in [2.24, 2.45) is 0 Å². The number of hydrogen-bond acceptors (Lipinski definition) is 6. The van der Waals surface area contributed by atoms with Gasteiger partial charge in [-0.05, 0) is 0 Å². The maximum Gasteiger partial charge on any atom is 0.350 e. The van der Waals surface area contributed by atoms with Crippen LogP contribution in [0.1, 0.15) is 0 Å². The van der Waals surface area contributed by atoms with Gasteiger partial charge in [0.25, 0.3) is 0 Å². The van der Waals surface area contributed by atoms with E-state index < -0.39 is 0 Å². The Hall–Kier alpha value is -2.55. The summed E-state index contributed by atoms with van der Waals surface area (Å²) in [6, 6.07) is 0. The fourth-order valence-electron chi connectivity index (χ4n) is 1.56. The average molecular weight is 276 g/mol. The van der Waals surface area contributed by atoms with Crippen LogP contribution in [0.25, 0.3) is 5.65 Å². The van der Waals surface area contributed by atoms with Gasteiger partial charge in [0, 0.05) is 24.0 Å². The van der Waals surface area contributed by atoms with E-state index in [-0.39, 0.29) is 18.1 Å². The number of amides is 1. The van der Waals surface area contributed by atoms with Gasteiger partial charge in [-0.3, -0.25) is 9.78 Å². The van der Waals surface area contributed by atoms with Crippen molar-refractivity contribution in [2.75, 3.05) is 5.32 Å². The third-order valence-corrected chi connectivity index (χ3v) is 3.05. The Morgan fingerprint density at radius 3 is 3.05 bits per heavy atom. The Bertz CT molecular complexity index is 775. The van der Waals surface area contributed by atoms with Crippen molar-refractivity contribution in [3.63, 3.8) is 0 Å². The molecule has 0 aliphatic heterocycles. The summed E-state index contributed by atoms with van der Waals surface area (Å²) in [5.41, 5.74) is 0.0150. The number of fused-ring (bicyclic) bond motifs is 1. The largest absolute Gasteiger partial charge is 0.350 e. The van der Waals surface area contributed by atoms with Gasteiger partial charge in [0.1, 0.15) is 6.54 Å². The molecule has 0 aromatic carbocycles. The van der Waals surface area contributed by atoms with Gasteiger partial charge >= 0.3 is 5.69 Å². The number of thiazole rings is 1. The second kappa shape index (κ2) is 4.61. The third-order valence-electron chi connectivity index (χ3n) is 2.36. The van der Waals surface area contributed by atoms with E-state index in [0.717, 1.165) is 4.68 Å². The van der Waals surface area contributed by atoms with E-state index in [1.54, 1.807) is 11.6 Å². The van der Waals surface area contributed by atoms with Crippen molar-refractivity contribution >= 4 is 28.0 Å². The Morgan fingerprint density at radius 1 is 1.42 bits per heavy atom. The second-order valence-electron chi connectivity index (χ2n) is 3.63. The highest BCUT2D eigenvalue weighted by atomic mass is 32.1. The Kier molecular flexibility index (Phi) is 2.80. The van der Waals surface area contributed by atoms with Crippen molar-refractivity contribution in [1.82, 2.24) is 24.1 Å². The summed E-state index contributed by atoms with van der Waals surface area (Å²) in [6.45, 7) is -0.167. The summed E-state index contributed by atoms with van der Waals surface area (Å²) in [6.07, 6.45) is 6.02. The lowest BCUT2D eigenvalue weighted by Gasteiger charge is -1.99. The van der Waals surface area contributed by atoms with Crippen LogP contribution in [-0.2, 0) is 11.3 Å². The molecule has 1 amide bonds. The van der Waals surface area contributed by atoms with Crippen LogP contribution in [0.15, 0.2) is 35.0 Å². The van der Waals surface area contributed by atoms with Crippen LogP contribution in [-0.4, -0.2) is 30.1 Å². The number of carbonyl (C=O) groups is 1. The maximum atomic E-state index is 11.9. The molecule has 0 aliphatic carbocycles. The van der Waals surface area contributed by atoms with Gasteiger partial charge in [-0.2, -0.15) is 0 Å². The SMILES string of the molecule is O=C(Cn1nc2cnccn2c1=O)Nc1nccs1. The molecule has 3 heterocycles. The normalized spacial score (nSPS) is 10.7. The van der Waals surface area contributed by atoms with E-state index in [2.05, 4.69) is 20.4 Å². The minimum absolute atomic E-state index is 0.167. The van der Waals surface area contributed by atoms with Crippen LogP contribution in [0.5, 0.6) is 0 Å². The average Bonchev–Trinajstić information content (AvgIpc) is 3.00. The maximum absolute atomic E-state index is 11.9. The van der Waals surface area contributed by atoms with Gasteiger partial charge in [0.2, 0.25) is 5.91 Å². The first kappa shape index (κ1) is 11.5. The molecule has 0 saturated heterocycles. The summed E-state index contributed by atoms with van der Waals surface area (Å²) in [5, 5.41) is 8.83. The summed E-state index contributed by atoms with van der Waals surface area (Å²) in [7, 11) is 0. The molecule has 3 aromatic rings. The van der Waals surface area contributed by atoms with E-state index >= 15 is 0 Å². The van der Waals surface area contributed by atoms with E-state index in [0.29, 0.717) is 10.8 Å². The van der Waals surface area contributed by atoms with Crippen LogP contribution in [0.3, 0.4) is 0 Å². The Balaban J connectivity index is 1.83. The van der Waals surface area contributed by atoms with Gasteiger partial charge in [-0.1, -0.05) is 0 Å². The monoisotopic (exact) mass is 276 g/mol. The molecule has 9 heteroatoms. The molecule has 19 heavy (non-hydrogen) atoms. The summed E-state index contributed by atoms with van der Waals surface area (Å²) in [5.74, 6) is -0.353. The number of aromatic nitrogens is 5. The number of nitrogens with one attached hydrogen (secondary N) is 1. The molecule has 1 N–H and O–H groups in total. The number of anilines is 1. The van der Waals surface area contributed by atoms with Crippen molar-refractivity contribution < 1.29 is 4.79 Å². The van der Waals surface area contributed by atoms with Crippen LogP contribution in [0, 0.1) is 0 Å². The first-order valence-corrected chi connectivity index (χ1v) is 6.20. The smallest absolute Gasteiger partial charge is 0.300 e. The summed E-state index contributed by atoms with van der Waals surface area (Å²) < 4.78 is 2.41. The molecule has 0 bridgehead atoms. The molecule has 0 fully saturated rings. The molecule has 0 unspecified atom stereocenters. The quantitative estimate of drug-likeness (QED) is 0.726. The molecule has 0 saturated carbocycles. The standard InChI is InChI=1S/C10H8N6O2S/c17-8(13-9-12-2-4-19-9)6-16-10(18)15-3-1-11-5-7(15)14-16/h1-5H,6H2,(H,12,13,17). The molecule has 0 atom stereocenters. The zero-order valence-electron chi connectivity index (χ0n) is 9.55. The highest BCUT2D eigenvalue weighted by Gasteiger charge is 2.11. The first-order valence-electron chi connectivity index (χ1n) is 5.32. The van der Waals surface area contributed by atoms with E-state index in [1.807, 2.05) is 0 Å². The van der Waals surface area contributed by atoms with Gasteiger partial charge in [-0.15, -0.1) is 16.4 Å². The fraction of sp³-hybridized carbons (Fsp3) is 0.100. The fourth-order valence-corrected chi connectivity index (χ4v) is 2.11. The highest BCUT2D eigenvalue weighted by molar-refractivity contribution is 7.13. The van der Waals surface area contributed by atoms with Crippen LogP contribution >= 0.6 is 11.3 Å². The second-order valence-corrected chi connectivity index (χ2v) is 4.52. The predicted octanol–water partition coefficient (Wildman–Crippen LogP) is -0.0138. The van der Waals surface area contributed by atoms with Crippen molar-refractivity contribution in [1.29, 1.82) is 0 Å². The molecule has 3 rings (SSSR count). The molecule has 8 nitrogen and oxygen atoms in total. The van der Waals surface area contributed by atoms with Crippen molar-refractivity contribution in [3.05, 3.63) is 40.7 Å². The molecular weight excluding hydrogens is 268 g/mol. The third kappa shape index (κ3) is 2.22. The van der Waals surface area contributed by atoms with E-state index in [4.69, 9.17) is 0 Å². The van der Waals surface area contributed by atoms with Crippen molar-refractivity contribution in [2.45, 2.75) is 6.54 Å². The van der Waals surface area contributed by atoms with E-state index in [1.165, 1.54) is 34.3 Å². The topological polar surface area (TPSA) is 94.2 Å². The van der Waals surface area contributed by atoms with Gasteiger partial charge < -0.3 is 5.32 Å². The first-order chi connectivity index (χ1) is 9.24.